The van der Waals surface area contributed by atoms with Crippen molar-refractivity contribution >= 4 is 11.6 Å². The van der Waals surface area contributed by atoms with Crippen molar-refractivity contribution in [2.24, 2.45) is 11.8 Å². The SMILES string of the molecule is CC(C)NC(=O)CN1CC2CN(CCCNc3ccc(C#N)cc3)CC2C1. The number of hydrogen-bond donors (Lipinski definition) is 2. The highest BCUT2D eigenvalue weighted by Gasteiger charge is 2.39. The van der Waals surface area contributed by atoms with Gasteiger partial charge in [0.1, 0.15) is 0 Å². The van der Waals surface area contributed by atoms with Crippen LogP contribution < -0.4 is 10.6 Å². The number of rotatable bonds is 8. The van der Waals surface area contributed by atoms with Crippen molar-refractivity contribution in [3.8, 4) is 6.07 Å². The first-order valence-corrected chi connectivity index (χ1v) is 10.0. The van der Waals surface area contributed by atoms with Gasteiger partial charge in [-0.3, -0.25) is 9.69 Å². The van der Waals surface area contributed by atoms with Crippen molar-refractivity contribution in [1.29, 1.82) is 5.26 Å². The molecule has 27 heavy (non-hydrogen) atoms. The number of carbonyl (C=O) groups is 1. The Kier molecular flexibility index (Phi) is 6.70. The minimum absolute atomic E-state index is 0.149. The molecule has 2 aliphatic heterocycles. The van der Waals surface area contributed by atoms with Crippen LogP contribution in [0.15, 0.2) is 24.3 Å². The van der Waals surface area contributed by atoms with Crippen LogP contribution >= 0.6 is 0 Å². The molecule has 2 unspecified atom stereocenters. The van der Waals surface area contributed by atoms with Crippen LogP contribution in [-0.2, 0) is 4.79 Å². The Balaban J connectivity index is 1.31. The fourth-order valence-electron chi connectivity index (χ4n) is 4.27. The predicted octanol–water partition coefficient (Wildman–Crippen LogP) is 1.75. The van der Waals surface area contributed by atoms with Crippen LogP contribution in [0.5, 0.6) is 0 Å². The summed E-state index contributed by atoms with van der Waals surface area (Å²) in [4.78, 5) is 16.8. The number of amides is 1. The molecule has 2 heterocycles. The third-order valence-electron chi connectivity index (χ3n) is 5.45. The van der Waals surface area contributed by atoms with E-state index in [1.165, 1.54) is 0 Å². The monoisotopic (exact) mass is 369 g/mol. The number of nitriles is 1. The molecule has 0 radical (unpaired) electrons. The zero-order valence-corrected chi connectivity index (χ0v) is 16.4. The van der Waals surface area contributed by atoms with Gasteiger partial charge in [0.2, 0.25) is 5.91 Å². The number of fused-ring (bicyclic) bond motifs is 1. The number of nitrogens with one attached hydrogen (secondary N) is 2. The molecule has 0 aliphatic carbocycles. The van der Waals surface area contributed by atoms with Gasteiger partial charge in [-0.1, -0.05) is 0 Å². The summed E-state index contributed by atoms with van der Waals surface area (Å²) in [7, 11) is 0. The number of likely N-dealkylation sites (tertiary alicyclic amines) is 2. The fraction of sp³-hybridized carbons (Fsp3) is 0.619. The molecule has 0 spiro atoms. The fourth-order valence-corrected chi connectivity index (χ4v) is 4.27. The summed E-state index contributed by atoms with van der Waals surface area (Å²) in [5, 5.41) is 15.2. The lowest BCUT2D eigenvalue weighted by Gasteiger charge is -2.21. The first-order chi connectivity index (χ1) is 13.0. The lowest BCUT2D eigenvalue weighted by atomic mass is 10.0. The Morgan fingerprint density at radius 2 is 1.78 bits per heavy atom. The molecule has 2 N–H and O–H groups in total. The summed E-state index contributed by atoms with van der Waals surface area (Å²) >= 11 is 0. The molecule has 2 atom stereocenters. The molecule has 1 aromatic carbocycles. The van der Waals surface area contributed by atoms with Crippen molar-refractivity contribution < 1.29 is 4.79 Å². The predicted molar refractivity (Wildman–Crippen MR) is 107 cm³/mol. The zero-order valence-electron chi connectivity index (χ0n) is 16.4. The summed E-state index contributed by atoms with van der Waals surface area (Å²) in [6.45, 7) is 11.0. The summed E-state index contributed by atoms with van der Waals surface area (Å²) in [5.74, 6) is 1.57. The third kappa shape index (κ3) is 5.69. The standard InChI is InChI=1S/C21H31N5O/c1-16(2)24-21(27)15-26-13-18-11-25(12-19(18)14-26)9-3-8-23-20-6-4-17(10-22)5-7-20/h4-7,16,18-19,23H,3,8-9,11-15H2,1-2H3,(H,24,27). The Morgan fingerprint density at radius 3 is 2.37 bits per heavy atom. The second kappa shape index (κ2) is 9.20. The molecule has 2 aliphatic rings. The van der Waals surface area contributed by atoms with Crippen LogP contribution in [0, 0.1) is 23.2 Å². The van der Waals surface area contributed by atoms with Gasteiger partial charge in [0.25, 0.3) is 0 Å². The Hall–Kier alpha value is -2.10. The molecule has 2 saturated heterocycles. The van der Waals surface area contributed by atoms with Gasteiger partial charge >= 0.3 is 0 Å². The smallest absolute Gasteiger partial charge is 0.234 e. The highest BCUT2D eigenvalue weighted by atomic mass is 16.2. The molecule has 0 aromatic heterocycles. The van der Waals surface area contributed by atoms with E-state index in [-0.39, 0.29) is 11.9 Å². The maximum Gasteiger partial charge on any atom is 0.234 e. The van der Waals surface area contributed by atoms with Gasteiger partial charge in [-0.05, 0) is 62.9 Å². The average molecular weight is 370 g/mol. The van der Waals surface area contributed by atoms with Crippen LogP contribution in [-0.4, -0.2) is 67.6 Å². The van der Waals surface area contributed by atoms with E-state index < -0.39 is 0 Å². The van der Waals surface area contributed by atoms with E-state index in [0.29, 0.717) is 23.9 Å². The number of carbonyl (C=O) groups excluding carboxylic acids is 1. The average Bonchev–Trinajstić information content (AvgIpc) is 3.16. The molecular formula is C21H31N5O. The van der Waals surface area contributed by atoms with E-state index in [9.17, 15) is 4.79 Å². The molecule has 3 rings (SSSR count). The molecule has 6 heteroatoms. The summed E-state index contributed by atoms with van der Waals surface area (Å²) in [6, 6.07) is 9.97. The Labute approximate surface area is 162 Å². The summed E-state index contributed by atoms with van der Waals surface area (Å²) in [5.41, 5.74) is 1.77. The molecule has 0 saturated carbocycles. The van der Waals surface area contributed by atoms with Crippen molar-refractivity contribution in [3.05, 3.63) is 29.8 Å². The quantitative estimate of drug-likeness (QED) is 0.683. The second-order valence-electron chi connectivity index (χ2n) is 8.17. The van der Waals surface area contributed by atoms with Gasteiger partial charge in [0.05, 0.1) is 18.2 Å². The minimum Gasteiger partial charge on any atom is -0.385 e. The van der Waals surface area contributed by atoms with Crippen LogP contribution in [0.4, 0.5) is 5.69 Å². The first-order valence-electron chi connectivity index (χ1n) is 10.0. The number of benzene rings is 1. The lowest BCUT2D eigenvalue weighted by molar-refractivity contribution is -0.122. The van der Waals surface area contributed by atoms with E-state index >= 15 is 0 Å². The van der Waals surface area contributed by atoms with Crippen molar-refractivity contribution in [2.75, 3.05) is 51.1 Å². The molecule has 0 bridgehead atoms. The normalized spacial score (nSPS) is 22.6. The lowest BCUT2D eigenvalue weighted by Crippen LogP contribution is -2.40. The van der Waals surface area contributed by atoms with E-state index in [1.807, 2.05) is 38.1 Å². The van der Waals surface area contributed by atoms with Crippen LogP contribution in [0.2, 0.25) is 0 Å². The van der Waals surface area contributed by atoms with Gasteiger partial charge in [-0.2, -0.15) is 5.26 Å². The van der Waals surface area contributed by atoms with E-state index in [0.717, 1.165) is 51.4 Å². The van der Waals surface area contributed by atoms with Crippen molar-refractivity contribution in [1.82, 2.24) is 15.1 Å². The molecule has 146 valence electrons. The van der Waals surface area contributed by atoms with Crippen LogP contribution in [0.1, 0.15) is 25.8 Å². The van der Waals surface area contributed by atoms with E-state index in [1.54, 1.807) is 0 Å². The molecular weight excluding hydrogens is 338 g/mol. The Bertz CT molecular complexity index is 652. The van der Waals surface area contributed by atoms with E-state index in [4.69, 9.17) is 5.26 Å². The topological polar surface area (TPSA) is 71.4 Å². The van der Waals surface area contributed by atoms with Gasteiger partial charge in [-0.15, -0.1) is 0 Å². The van der Waals surface area contributed by atoms with Gasteiger partial charge in [0.15, 0.2) is 0 Å². The Morgan fingerprint density at radius 1 is 1.15 bits per heavy atom. The largest absolute Gasteiger partial charge is 0.385 e. The second-order valence-corrected chi connectivity index (χ2v) is 8.17. The maximum atomic E-state index is 11.9. The van der Waals surface area contributed by atoms with Crippen LogP contribution in [0.3, 0.4) is 0 Å². The summed E-state index contributed by atoms with van der Waals surface area (Å²) in [6.07, 6.45) is 1.11. The van der Waals surface area contributed by atoms with Crippen LogP contribution in [0.25, 0.3) is 0 Å². The first kappa shape index (κ1) is 19.7. The highest BCUT2D eigenvalue weighted by Crippen LogP contribution is 2.30. The minimum atomic E-state index is 0.149. The maximum absolute atomic E-state index is 11.9. The molecule has 2 fully saturated rings. The number of anilines is 1. The summed E-state index contributed by atoms with van der Waals surface area (Å²) < 4.78 is 0. The van der Waals surface area contributed by atoms with E-state index in [2.05, 4.69) is 26.5 Å². The third-order valence-corrected chi connectivity index (χ3v) is 5.45. The van der Waals surface area contributed by atoms with Gasteiger partial charge in [-0.25, -0.2) is 0 Å². The number of nitrogens with zero attached hydrogens (tertiary/aromatic N) is 3. The van der Waals surface area contributed by atoms with Gasteiger partial charge in [0, 0.05) is 44.5 Å². The highest BCUT2D eigenvalue weighted by molar-refractivity contribution is 5.78. The zero-order chi connectivity index (χ0) is 19.2. The molecule has 6 nitrogen and oxygen atoms in total. The number of hydrogen-bond acceptors (Lipinski definition) is 5. The molecule has 1 aromatic rings. The van der Waals surface area contributed by atoms with Gasteiger partial charge < -0.3 is 15.5 Å². The molecule has 1 amide bonds. The van der Waals surface area contributed by atoms with Crippen molar-refractivity contribution in [2.45, 2.75) is 26.3 Å². The van der Waals surface area contributed by atoms with Crippen molar-refractivity contribution in [3.63, 3.8) is 0 Å².